The van der Waals surface area contributed by atoms with Gasteiger partial charge in [-0.2, -0.15) is 0 Å². The number of hydrogen-bond acceptors (Lipinski definition) is 5. The number of fused-ring (bicyclic) bond motifs is 5. The number of nitrogens with one attached hydrogen (secondary N) is 1. The largest absolute Gasteiger partial charge is 0.438 e. The average Bonchev–Trinajstić information content (AvgIpc) is 3.48. The van der Waals surface area contributed by atoms with Crippen LogP contribution >= 0.6 is 0 Å². The lowest BCUT2D eigenvalue weighted by Crippen LogP contribution is -2.33. The lowest BCUT2D eigenvalue weighted by Gasteiger charge is -2.23. The van der Waals surface area contributed by atoms with Crippen molar-refractivity contribution >= 4 is 55.4 Å². The van der Waals surface area contributed by atoms with Crippen molar-refractivity contribution in [3.05, 3.63) is 162 Å². The maximum atomic E-state index is 6.28. The van der Waals surface area contributed by atoms with E-state index in [9.17, 15) is 0 Å². The predicted octanol–water partition coefficient (Wildman–Crippen LogP) is 9.45. The third-order valence-electron chi connectivity index (χ3n) is 8.53. The van der Waals surface area contributed by atoms with Gasteiger partial charge in [-0.3, -0.25) is 0 Å². The number of rotatable bonds is 4. The summed E-state index contributed by atoms with van der Waals surface area (Å²) < 4.78 is 6.28. The number of furan rings is 1. The minimum absolute atomic E-state index is 0.243. The molecule has 0 saturated heterocycles. The summed E-state index contributed by atoms with van der Waals surface area (Å²) in [6, 6.07) is 50.1. The minimum Gasteiger partial charge on any atom is -0.438 e. The van der Waals surface area contributed by atoms with E-state index < -0.39 is 0 Å². The lowest BCUT2D eigenvalue weighted by molar-refractivity contribution is 0.656. The number of pyridine rings is 1. The highest BCUT2D eigenvalue weighted by atomic mass is 16.3. The normalized spacial score (nSPS) is 14.9. The highest BCUT2D eigenvalue weighted by Gasteiger charge is 2.21. The molecule has 3 heterocycles. The molecule has 1 aliphatic heterocycles. The Kier molecular flexibility index (Phi) is 5.81. The van der Waals surface area contributed by atoms with Gasteiger partial charge in [-0.15, -0.1) is 0 Å². The van der Waals surface area contributed by atoms with Gasteiger partial charge in [0.15, 0.2) is 5.84 Å². The molecule has 0 spiro atoms. The van der Waals surface area contributed by atoms with Crippen LogP contribution in [0.2, 0.25) is 0 Å². The predicted molar refractivity (Wildman–Crippen MR) is 184 cm³/mol. The molecular formula is C40H26N4O. The first-order valence-corrected chi connectivity index (χ1v) is 15.1. The van der Waals surface area contributed by atoms with E-state index in [1.807, 2.05) is 60.7 Å². The second-order valence-corrected chi connectivity index (χ2v) is 11.3. The summed E-state index contributed by atoms with van der Waals surface area (Å²) in [7, 11) is 0. The second kappa shape index (κ2) is 10.3. The van der Waals surface area contributed by atoms with Crippen LogP contribution in [0.15, 0.2) is 160 Å². The number of hydrogen-bond donors (Lipinski definition) is 1. The van der Waals surface area contributed by atoms with Crippen LogP contribution in [0.5, 0.6) is 0 Å². The fourth-order valence-corrected chi connectivity index (χ4v) is 6.36. The third-order valence-corrected chi connectivity index (χ3v) is 8.53. The van der Waals surface area contributed by atoms with Gasteiger partial charge in [0.25, 0.3) is 0 Å². The van der Waals surface area contributed by atoms with Gasteiger partial charge >= 0.3 is 0 Å². The molecule has 8 aromatic rings. The Morgan fingerprint density at radius 3 is 2.22 bits per heavy atom. The van der Waals surface area contributed by atoms with E-state index in [-0.39, 0.29) is 6.17 Å². The molecule has 45 heavy (non-hydrogen) atoms. The summed E-state index contributed by atoms with van der Waals surface area (Å²) in [5.41, 5.74) is 7.76. The van der Waals surface area contributed by atoms with Crippen molar-refractivity contribution in [2.24, 2.45) is 9.98 Å². The van der Waals surface area contributed by atoms with Crippen LogP contribution < -0.4 is 5.32 Å². The highest BCUT2D eigenvalue weighted by molar-refractivity contribution is 6.17. The Morgan fingerprint density at radius 2 is 1.33 bits per heavy atom. The molecule has 1 atom stereocenters. The first kappa shape index (κ1) is 25.4. The van der Waals surface area contributed by atoms with Crippen molar-refractivity contribution in [3.63, 3.8) is 0 Å². The van der Waals surface area contributed by atoms with Crippen LogP contribution in [-0.2, 0) is 0 Å². The molecule has 0 bridgehead atoms. The van der Waals surface area contributed by atoms with E-state index in [4.69, 9.17) is 19.4 Å². The molecule has 212 valence electrons. The van der Waals surface area contributed by atoms with Crippen LogP contribution in [-0.4, -0.2) is 16.7 Å². The Morgan fingerprint density at radius 1 is 0.578 bits per heavy atom. The molecule has 0 aliphatic carbocycles. The zero-order valence-corrected chi connectivity index (χ0v) is 24.2. The number of benzene rings is 6. The Balaban J connectivity index is 1.19. The molecule has 5 nitrogen and oxygen atoms in total. The summed E-state index contributed by atoms with van der Waals surface area (Å²) in [6.45, 7) is 0. The van der Waals surface area contributed by atoms with E-state index in [0.29, 0.717) is 11.5 Å². The van der Waals surface area contributed by atoms with Gasteiger partial charge in [-0.05, 0) is 51.7 Å². The molecular weight excluding hydrogens is 552 g/mol. The zero-order chi connectivity index (χ0) is 29.7. The van der Waals surface area contributed by atoms with Gasteiger partial charge in [-0.25, -0.2) is 15.0 Å². The van der Waals surface area contributed by atoms with Crippen LogP contribution in [0.4, 0.5) is 0 Å². The van der Waals surface area contributed by atoms with Gasteiger partial charge in [0.05, 0.1) is 5.52 Å². The first-order valence-electron chi connectivity index (χ1n) is 15.1. The summed E-state index contributed by atoms with van der Waals surface area (Å²) in [5, 5.41) is 9.00. The molecule has 0 saturated carbocycles. The van der Waals surface area contributed by atoms with Crippen molar-refractivity contribution < 1.29 is 4.42 Å². The first-order chi connectivity index (χ1) is 22.3. The molecule has 1 aliphatic rings. The second-order valence-electron chi connectivity index (χ2n) is 11.3. The lowest BCUT2D eigenvalue weighted by atomic mass is 9.94. The summed E-state index contributed by atoms with van der Waals surface area (Å²) in [4.78, 5) is 14.9. The quantitative estimate of drug-likeness (QED) is 0.226. The van der Waals surface area contributed by atoms with Crippen molar-refractivity contribution in [2.45, 2.75) is 6.17 Å². The number of nitrogens with zero attached hydrogens (tertiary/aromatic N) is 3. The van der Waals surface area contributed by atoms with Gasteiger partial charge < -0.3 is 9.73 Å². The van der Waals surface area contributed by atoms with E-state index in [0.717, 1.165) is 71.7 Å². The number of para-hydroxylation sites is 1. The molecule has 1 N–H and O–H groups in total. The highest BCUT2D eigenvalue weighted by Crippen LogP contribution is 2.40. The Hall–Kier alpha value is -6.07. The number of aromatic nitrogens is 1. The maximum absolute atomic E-state index is 6.28. The molecule has 0 radical (unpaired) electrons. The van der Waals surface area contributed by atoms with Gasteiger partial charge in [0.1, 0.15) is 17.6 Å². The average molecular weight is 579 g/mol. The van der Waals surface area contributed by atoms with E-state index in [2.05, 4.69) is 90.2 Å². The summed E-state index contributed by atoms with van der Waals surface area (Å²) >= 11 is 0. The van der Waals surface area contributed by atoms with Crippen molar-refractivity contribution in [2.75, 3.05) is 0 Å². The topological polar surface area (TPSA) is 62.8 Å². The molecule has 2 aromatic heterocycles. The van der Waals surface area contributed by atoms with Crippen molar-refractivity contribution in [1.82, 2.24) is 10.3 Å². The Bertz CT molecular complexity index is 2460. The van der Waals surface area contributed by atoms with Crippen LogP contribution in [0, 0.1) is 0 Å². The molecule has 9 rings (SSSR count). The van der Waals surface area contributed by atoms with Gasteiger partial charge in [0.2, 0.25) is 5.71 Å². The van der Waals surface area contributed by atoms with Gasteiger partial charge in [0, 0.05) is 27.3 Å². The van der Waals surface area contributed by atoms with E-state index in [1.165, 1.54) is 0 Å². The van der Waals surface area contributed by atoms with Crippen LogP contribution in [0.3, 0.4) is 0 Å². The van der Waals surface area contributed by atoms with Crippen LogP contribution in [0.25, 0.3) is 54.9 Å². The zero-order valence-electron chi connectivity index (χ0n) is 24.2. The van der Waals surface area contributed by atoms with E-state index >= 15 is 0 Å². The monoisotopic (exact) mass is 578 g/mol. The summed E-state index contributed by atoms with van der Waals surface area (Å²) in [5.74, 6) is 1.51. The smallest absolute Gasteiger partial charge is 0.227 e. The standard InChI is InChI=1S/C40H26N4O/c1-3-11-25(12-4-1)37-42-38(26-13-5-2-6-14-26)44-39(43-37)29-21-22-30-27(23-29)16-9-17-31(30)32-18-10-20-35-36(32)33-24-28-15-7-8-19-34(28)41-40(33)45-35/h1-24,37H,(H,42,43,44). The SMILES string of the molecule is c1ccc(C2=NC(c3ccc4c(-c5cccc6oc7nc8ccccc8cc7c56)cccc4c3)=NC(c3ccccc3)N2)cc1. The minimum atomic E-state index is -0.243. The number of amidine groups is 2. The third kappa shape index (κ3) is 4.36. The van der Waals surface area contributed by atoms with Crippen LogP contribution in [0.1, 0.15) is 22.9 Å². The van der Waals surface area contributed by atoms with E-state index in [1.54, 1.807) is 0 Å². The number of aliphatic imine (C=N–C) groups is 2. The fourth-order valence-electron chi connectivity index (χ4n) is 6.36. The molecule has 1 unspecified atom stereocenters. The molecule has 0 amide bonds. The summed E-state index contributed by atoms with van der Waals surface area (Å²) in [6.07, 6.45) is -0.243. The molecule has 0 fully saturated rings. The van der Waals surface area contributed by atoms with Gasteiger partial charge in [-0.1, -0.05) is 121 Å². The Labute approximate surface area is 259 Å². The fraction of sp³-hybridized carbons (Fsp3) is 0.0250. The van der Waals surface area contributed by atoms with Crippen molar-refractivity contribution in [1.29, 1.82) is 0 Å². The molecule has 5 heteroatoms. The maximum Gasteiger partial charge on any atom is 0.227 e. The molecule has 6 aromatic carbocycles. The van der Waals surface area contributed by atoms with Crippen molar-refractivity contribution in [3.8, 4) is 11.1 Å².